The van der Waals surface area contributed by atoms with Gasteiger partial charge in [0.25, 0.3) is 0 Å². The molecule has 0 heterocycles. The molecule has 0 saturated carbocycles. The van der Waals surface area contributed by atoms with Crippen LogP contribution in [-0.2, 0) is 4.74 Å². The van der Waals surface area contributed by atoms with Gasteiger partial charge in [-0.25, -0.2) is 0 Å². The normalized spacial score (nSPS) is 18.4. The first kappa shape index (κ1) is 20.7. The minimum absolute atomic E-state index is 0.0636. The summed E-state index contributed by atoms with van der Waals surface area (Å²) in [5, 5.41) is 0. The second-order valence-electron chi connectivity index (χ2n) is 6.24. The topological polar surface area (TPSA) is 36.9 Å². The summed E-state index contributed by atoms with van der Waals surface area (Å²) < 4.78 is 78.4. The average molecular weight is 410 g/mol. The molecule has 2 aromatic carbocycles. The summed E-state index contributed by atoms with van der Waals surface area (Å²) in [7, 11) is 2.84. The maximum absolute atomic E-state index is 14.5. The average Bonchev–Trinajstić information content (AvgIpc) is 2.74. The molecule has 0 radical (unpaired) electrons. The third-order valence-electron chi connectivity index (χ3n) is 4.44. The van der Waals surface area contributed by atoms with Gasteiger partial charge in [-0.05, 0) is 18.2 Å². The molecule has 0 amide bonds. The standard InChI is InChI=1S/C21H18F4O4/c1-11-14(27-3)8-5-9-15(11)29-21-18(24)16(22)20(17(23)19(21)25)28-13-7-4-6-12(10-13)26-2/h4-11,14H,1-3H3/t11-,14?/m0/s1. The van der Waals surface area contributed by atoms with Crippen molar-refractivity contribution in [2.75, 3.05) is 14.2 Å². The minimum atomic E-state index is -1.72. The fraction of sp³-hybridized carbons (Fsp3) is 0.238. The molecule has 0 aliphatic heterocycles. The molecule has 0 bridgehead atoms. The number of ether oxygens (including phenoxy) is 4. The largest absolute Gasteiger partial charge is 0.497 e. The SMILES string of the molecule is COc1cccc(Oc2c(F)c(F)c(OC3=CC=CC(OC)[C@@H]3C)c(F)c2F)c1. The van der Waals surface area contributed by atoms with Gasteiger partial charge in [0.15, 0.2) is 0 Å². The molecular weight excluding hydrogens is 392 g/mol. The summed E-state index contributed by atoms with van der Waals surface area (Å²) in [6.07, 6.45) is 4.31. The number of hydrogen-bond acceptors (Lipinski definition) is 4. The lowest BCUT2D eigenvalue weighted by atomic mass is 9.97. The summed E-state index contributed by atoms with van der Waals surface area (Å²) in [6, 6.07) is 5.72. The van der Waals surface area contributed by atoms with Gasteiger partial charge in [0.2, 0.25) is 34.8 Å². The van der Waals surface area contributed by atoms with Crippen LogP contribution < -0.4 is 14.2 Å². The molecule has 154 valence electrons. The summed E-state index contributed by atoms with van der Waals surface area (Å²) in [6.45, 7) is 1.69. The van der Waals surface area contributed by atoms with Crippen LogP contribution in [0.4, 0.5) is 17.6 Å². The zero-order valence-electron chi connectivity index (χ0n) is 15.8. The molecule has 4 nitrogen and oxygen atoms in total. The highest BCUT2D eigenvalue weighted by Crippen LogP contribution is 2.39. The van der Waals surface area contributed by atoms with Crippen LogP contribution in [0.25, 0.3) is 0 Å². The van der Waals surface area contributed by atoms with E-state index in [0.717, 1.165) is 0 Å². The molecule has 1 aliphatic rings. The van der Waals surface area contributed by atoms with Gasteiger partial charge >= 0.3 is 0 Å². The van der Waals surface area contributed by atoms with Gasteiger partial charge in [0.05, 0.1) is 13.2 Å². The Morgan fingerprint density at radius 2 is 1.41 bits per heavy atom. The van der Waals surface area contributed by atoms with Crippen molar-refractivity contribution in [3.8, 4) is 23.0 Å². The molecule has 0 fully saturated rings. The Morgan fingerprint density at radius 3 is 2.00 bits per heavy atom. The number of benzene rings is 2. The second-order valence-corrected chi connectivity index (χ2v) is 6.24. The molecule has 8 heteroatoms. The predicted octanol–water partition coefficient (Wildman–Crippen LogP) is 5.53. The fourth-order valence-electron chi connectivity index (χ4n) is 2.82. The van der Waals surface area contributed by atoms with Crippen LogP contribution in [-0.4, -0.2) is 20.3 Å². The Labute approximate surface area is 165 Å². The van der Waals surface area contributed by atoms with Crippen molar-refractivity contribution in [3.63, 3.8) is 0 Å². The maximum Gasteiger partial charge on any atom is 0.208 e. The zero-order chi connectivity index (χ0) is 21.1. The minimum Gasteiger partial charge on any atom is -0.497 e. The molecular formula is C21H18F4O4. The molecule has 29 heavy (non-hydrogen) atoms. The first-order valence-electron chi connectivity index (χ1n) is 8.64. The number of methoxy groups -OCH3 is 2. The first-order valence-corrected chi connectivity index (χ1v) is 8.64. The van der Waals surface area contributed by atoms with E-state index in [2.05, 4.69) is 0 Å². The van der Waals surface area contributed by atoms with Gasteiger partial charge in [-0.3, -0.25) is 0 Å². The van der Waals surface area contributed by atoms with Gasteiger partial charge in [-0.1, -0.05) is 25.1 Å². The van der Waals surface area contributed by atoms with Crippen molar-refractivity contribution < 1.29 is 36.5 Å². The van der Waals surface area contributed by atoms with Crippen molar-refractivity contribution >= 4 is 0 Å². The molecule has 2 atom stereocenters. The lowest BCUT2D eigenvalue weighted by Gasteiger charge is -2.25. The summed E-state index contributed by atoms with van der Waals surface area (Å²) in [5.41, 5.74) is 0. The third-order valence-corrected chi connectivity index (χ3v) is 4.44. The Bertz CT molecular complexity index is 942. The van der Waals surface area contributed by atoms with Gasteiger partial charge in [0, 0.05) is 19.1 Å². The lowest BCUT2D eigenvalue weighted by Crippen LogP contribution is -2.25. The molecule has 3 rings (SSSR count). The van der Waals surface area contributed by atoms with E-state index in [1.54, 1.807) is 25.1 Å². The quantitative estimate of drug-likeness (QED) is 0.464. The smallest absolute Gasteiger partial charge is 0.208 e. The Morgan fingerprint density at radius 1 is 0.828 bits per heavy atom. The second kappa shape index (κ2) is 8.57. The molecule has 1 aliphatic carbocycles. The zero-order valence-corrected chi connectivity index (χ0v) is 15.8. The van der Waals surface area contributed by atoms with E-state index >= 15 is 0 Å². The van der Waals surface area contributed by atoms with Crippen molar-refractivity contribution in [1.29, 1.82) is 0 Å². The Hall–Kier alpha value is -3.00. The highest BCUT2D eigenvalue weighted by molar-refractivity contribution is 5.43. The molecule has 0 N–H and O–H groups in total. The molecule has 0 aromatic heterocycles. The van der Waals surface area contributed by atoms with E-state index in [0.29, 0.717) is 5.75 Å². The molecule has 0 spiro atoms. The Balaban J connectivity index is 1.96. The van der Waals surface area contributed by atoms with Crippen molar-refractivity contribution in [1.82, 2.24) is 0 Å². The van der Waals surface area contributed by atoms with Crippen LogP contribution >= 0.6 is 0 Å². The first-order chi connectivity index (χ1) is 13.9. The summed E-state index contributed by atoms with van der Waals surface area (Å²) in [5.74, 6) is -9.33. The number of allylic oxidation sites excluding steroid dienone is 2. The highest BCUT2D eigenvalue weighted by atomic mass is 19.2. The summed E-state index contributed by atoms with van der Waals surface area (Å²) in [4.78, 5) is 0. The monoisotopic (exact) mass is 410 g/mol. The number of hydrogen-bond donors (Lipinski definition) is 0. The molecule has 1 unspecified atom stereocenters. The van der Waals surface area contributed by atoms with Crippen LogP contribution in [0.1, 0.15) is 6.92 Å². The molecule has 0 saturated heterocycles. The van der Waals surface area contributed by atoms with Gasteiger partial charge in [-0.2, -0.15) is 17.6 Å². The molecule has 2 aromatic rings. The third kappa shape index (κ3) is 4.07. The Kier molecular flexibility index (Phi) is 6.12. The van der Waals surface area contributed by atoms with E-state index < -0.39 is 46.8 Å². The van der Waals surface area contributed by atoms with Crippen LogP contribution in [0, 0.1) is 29.2 Å². The van der Waals surface area contributed by atoms with E-state index in [1.807, 2.05) is 0 Å². The van der Waals surface area contributed by atoms with Crippen LogP contribution in [0.5, 0.6) is 23.0 Å². The number of rotatable bonds is 6. The predicted molar refractivity (Wildman–Crippen MR) is 97.2 cm³/mol. The van der Waals surface area contributed by atoms with Crippen molar-refractivity contribution in [2.24, 2.45) is 5.92 Å². The van der Waals surface area contributed by atoms with Crippen molar-refractivity contribution in [2.45, 2.75) is 13.0 Å². The summed E-state index contributed by atoms with van der Waals surface area (Å²) >= 11 is 0. The van der Waals surface area contributed by atoms with E-state index in [4.69, 9.17) is 18.9 Å². The van der Waals surface area contributed by atoms with Crippen molar-refractivity contribution in [3.05, 3.63) is 71.5 Å². The van der Waals surface area contributed by atoms with Crippen LogP contribution in [0.15, 0.2) is 48.3 Å². The van der Waals surface area contributed by atoms with Crippen LogP contribution in [0.3, 0.4) is 0 Å². The highest BCUT2D eigenvalue weighted by Gasteiger charge is 2.31. The fourth-order valence-corrected chi connectivity index (χ4v) is 2.82. The van der Waals surface area contributed by atoms with Gasteiger partial charge < -0.3 is 18.9 Å². The van der Waals surface area contributed by atoms with Crippen LogP contribution in [0.2, 0.25) is 0 Å². The van der Waals surface area contributed by atoms with Gasteiger partial charge in [0.1, 0.15) is 17.3 Å². The lowest BCUT2D eigenvalue weighted by molar-refractivity contribution is 0.0914. The number of halogens is 4. The maximum atomic E-state index is 14.5. The van der Waals surface area contributed by atoms with E-state index in [-0.39, 0.29) is 11.5 Å². The van der Waals surface area contributed by atoms with E-state index in [9.17, 15) is 17.6 Å². The van der Waals surface area contributed by atoms with Gasteiger partial charge in [-0.15, -0.1) is 0 Å². The van der Waals surface area contributed by atoms with E-state index in [1.165, 1.54) is 38.5 Å².